The Morgan fingerprint density at radius 1 is 1.48 bits per heavy atom. The first-order valence-corrected chi connectivity index (χ1v) is 8.44. The third kappa shape index (κ3) is 3.79. The monoisotopic (exact) mass is 316 g/mol. The summed E-state index contributed by atoms with van der Waals surface area (Å²) in [6.07, 6.45) is 0.476. The van der Waals surface area contributed by atoms with Gasteiger partial charge < -0.3 is 10.1 Å². The fourth-order valence-corrected chi connectivity index (χ4v) is 4.21. The van der Waals surface area contributed by atoms with Gasteiger partial charge in [-0.2, -0.15) is 4.31 Å². The highest BCUT2D eigenvalue weighted by Gasteiger charge is 2.29. The molecule has 1 atom stereocenters. The van der Waals surface area contributed by atoms with Crippen LogP contribution in [0, 0.1) is 5.82 Å². The number of nitrogens with one attached hydrogen (secondary N) is 1. The van der Waals surface area contributed by atoms with Crippen molar-refractivity contribution in [3.8, 4) is 0 Å². The molecule has 0 spiro atoms. The van der Waals surface area contributed by atoms with Crippen LogP contribution in [0.5, 0.6) is 0 Å². The van der Waals surface area contributed by atoms with Crippen LogP contribution in [0.4, 0.5) is 4.39 Å². The van der Waals surface area contributed by atoms with E-state index in [1.165, 1.54) is 16.4 Å². The molecule has 5 nitrogen and oxygen atoms in total. The smallest absolute Gasteiger partial charge is 0.243 e. The summed E-state index contributed by atoms with van der Waals surface area (Å²) >= 11 is 0. The first-order chi connectivity index (χ1) is 9.95. The molecule has 0 aliphatic carbocycles. The fourth-order valence-electron chi connectivity index (χ4n) is 2.42. The number of halogens is 1. The second-order valence-corrected chi connectivity index (χ2v) is 7.09. The predicted molar refractivity (Wildman–Crippen MR) is 78.0 cm³/mol. The summed E-state index contributed by atoms with van der Waals surface area (Å²) in [5, 5.41) is 2.91. The Labute approximate surface area is 125 Å². The van der Waals surface area contributed by atoms with Gasteiger partial charge in [-0.25, -0.2) is 12.8 Å². The lowest BCUT2D eigenvalue weighted by molar-refractivity contribution is 0.0752. The molecule has 1 aliphatic heterocycles. The minimum absolute atomic E-state index is 0.0333. The molecule has 1 aromatic carbocycles. The largest absolute Gasteiger partial charge is 0.377 e. The number of benzene rings is 1. The summed E-state index contributed by atoms with van der Waals surface area (Å²) in [6.45, 7) is 3.43. The molecule has 7 heteroatoms. The van der Waals surface area contributed by atoms with E-state index < -0.39 is 15.8 Å². The standard InChI is InChI=1S/C14H21FN2O3S/c1-11-10-17(6-3-7-20-11)21(18,19)14-8-13(15)5-4-12(14)9-16-2/h4-5,8,11,16H,3,6-7,9-10H2,1-2H3. The molecule has 1 heterocycles. The predicted octanol–water partition coefficient (Wildman–Crippen LogP) is 1.34. The summed E-state index contributed by atoms with van der Waals surface area (Å²) in [6, 6.07) is 3.88. The number of ether oxygens (including phenoxy) is 1. The van der Waals surface area contributed by atoms with Crippen LogP contribution in [0.1, 0.15) is 18.9 Å². The molecule has 1 saturated heterocycles. The minimum atomic E-state index is -3.72. The summed E-state index contributed by atoms with van der Waals surface area (Å²) in [5.41, 5.74) is 0.566. The molecular formula is C14H21FN2O3S. The van der Waals surface area contributed by atoms with Crippen molar-refractivity contribution >= 4 is 10.0 Å². The van der Waals surface area contributed by atoms with Crippen LogP contribution in [-0.4, -0.2) is 45.6 Å². The number of nitrogens with zero attached hydrogens (tertiary/aromatic N) is 1. The number of sulfonamides is 1. The van der Waals surface area contributed by atoms with Gasteiger partial charge in [0, 0.05) is 26.2 Å². The average Bonchev–Trinajstić information content (AvgIpc) is 2.66. The molecule has 1 unspecified atom stereocenters. The SMILES string of the molecule is CNCc1ccc(F)cc1S(=O)(=O)N1CCCOC(C)C1. The van der Waals surface area contributed by atoms with Gasteiger partial charge in [0.25, 0.3) is 0 Å². The zero-order chi connectivity index (χ0) is 15.5. The molecule has 0 bridgehead atoms. The number of hydrogen-bond donors (Lipinski definition) is 1. The average molecular weight is 316 g/mol. The first-order valence-electron chi connectivity index (χ1n) is 7.00. The summed E-state index contributed by atoms with van der Waals surface area (Å²) < 4.78 is 46.0. The topological polar surface area (TPSA) is 58.6 Å². The normalized spacial score (nSPS) is 21.2. The summed E-state index contributed by atoms with van der Waals surface area (Å²) in [5.74, 6) is -0.549. The van der Waals surface area contributed by atoms with Crippen molar-refractivity contribution in [1.82, 2.24) is 9.62 Å². The van der Waals surface area contributed by atoms with Gasteiger partial charge in [0.05, 0.1) is 11.0 Å². The molecule has 2 rings (SSSR count). The number of rotatable bonds is 4. The van der Waals surface area contributed by atoms with Gasteiger partial charge in [-0.3, -0.25) is 0 Å². The summed E-state index contributed by atoms with van der Waals surface area (Å²) in [7, 11) is -2.00. The Bertz CT molecular complexity index is 592. The molecule has 1 aromatic rings. The van der Waals surface area contributed by atoms with Gasteiger partial charge in [-0.1, -0.05) is 6.07 Å². The van der Waals surface area contributed by atoms with Crippen molar-refractivity contribution in [2.24, 2.45) is 0 Å². The molecule has 1 N–H and O–H groups in total. The van der Waals surface area contributed by atoms with Gasteiger partial charge in [0.2, 0.25) is 10.0 Å². The Kier molecular flexibility index (Phi) is 5.32. The maximum Gasteiger partial charge on any atom is 0.243 e. The van der Waals surface area contributed by atoms with E-state index in [2.05, 4.69) is 5.32 Å². The molecule has 1 aliphatic rings. The quantitative estimate of drug-likeness (QED) is 0.911. The van der Waals surface area contributed by atoms with Gasteiger partial charge in [-0.15, -0.1) is 0 Å². The van der Waals surface area contributed by atoms with E-state index in [0.717, 1.165) is 6.07 Å². The second-order valence-electron chi connectivity index (χ2n) is 5.18. The van der Waals surface area contributed by atoms with E-state index in [1.54, 1.807) is 7.05 Å². The van der Waals surface area contributed by atoms with Gasteiger partial charge in [0.1, 0.15) is 5.82 Å². The van der Waals surface area contributed by atoms with Gasteiger partial charge >= 0.3 is 0 Å². The number of hydrogen-bond acceptors (Lipinski definition) is 4. The van der Waals surface area contributed by atoms with Crippen LogP contribution in [0.15, 0.2) is 23.1 Å². The fraction of sp³-hybridized carbons (Fsp3) is 0.571. The van der Waals surface area contributed by atoms with Crippen LogP contribution in [0.25, 0.3) is 0 Å². The van der Waals surface area contributed by atoms with Crippen molar-refractivity contribution in [2.45, 2.75) is 30.9 Å². The molecule has 0 radical (unpaired) electrons. The molecular weight excluding hydrogens is 295 g/mol. The van der Waals surface area contributed by atoms with E-state index in [0.29, 0.717) is 31.7 Å². The molecule has 118 valence electrons. The third-order valence-corrected chi connectivity index (χ3v) is 5.38. The maximum atomic E-state index is 13.5. The van der Waals surface area contributed by atoms with Crippen molar-refractivity contribution in [2.75, 3.05) is 26.7 Å². The van der Waals surface area contributed by atoms with Crippen LogP contribution in [-0.2, 0) is 21.3 Å². The van der Waals surface area contributed by atoms with Crippen LogP contribution >= 0.6 is 0 Å². The van der Waals surface area contributed by atoms with Gasteiger partial charge in [0.15, 0.2) is 0 Å². The van der Waals surface area contributed by atoms with Gasteiger partial charge in [-0.05, 0) is 38.1 Å². The van der Waals surface area contributed by atoms with E-state index >= 15 is 0 Å². The molecule has 0 aromatic heterocycles. The van der Waals surface area contributed by atoms with Crippen LogP contribution in [0.2, 0.25) is 0 Å². The lowest BCUT2D eigenvalue weighted by Gasteiger charge is -2.23. The lowest BCUT2D eigenvalue weighted by atomic mass is 10.2. The van der Waals surface area contributed by atoms with E-state index in [4.69, 9.17) is 4.74 Å². The van der Waals surface area contributed by atoms with Crippen molar-refractivity contribution in [3.05, 3.63) is 29.6 Å². The van der Waals surface area contributed by atoms with Crippen molar-refractivity contribution < 1.29 is 17.5 Å². The zero-order valence-electron chi connectivity index (χ0n) is 12.3. The Balaban J connectivity index is 2.40. The maximum absolute atomic E-state index is 13.5. The highest BCUT2D eigenvalue weighted by molar-refractivity contribution is 7.89. The first kappa shape index (κ1) is 16.4. The van der Waals surface area contributed by atoms with E-state index in [1.807, 2.05) is 6.92 Å². The van der Waals surface area contributed by atoms with Crippen LogP contribution in [0.3, 0.4) is 0 Å². The van der Waals surface area contributed by atoms with Crippen LogP contribution < -0.4 is 5.32 Å². The third-order valence-electron chi connectivity index (χ3n) is 3.43. The van der Waals surface area contributed by atoms with Crippen molar-refractivity contribution in [1.29, 1.82) is 0 Å². The Hall–Kier alpha value is -1.02. The summed E-state index contributed by atoms with van der Waals surface area (Å²) in [4.78, 5) is 0.0333. The highest BCUT2D eigenvalue weighted by Crippen LogP contribution is 2.23. The minimum Gasteiger partial charge on any atom is -0.377 e. The van der Waals surface area contributed by atoms with E-state index in [9.17, 15) is 12.8 Å². The second kappa shape index (κ2) is 6.83. The van der Waals surface area contributed by atoms with E-state index in [-0.39, 0.29) is 17.5 Å². The zero-order valence-corrected chi connectivity index (χ0v) is 13.1. The molecule has 0 amide bonds. The lowest BCUT2D eigenvalue weighted by Crippen LogP contribution is -2.36. The molecule has 0 saturated carbocycles. The molecule has 1 fully saturated rings. The van der Waals surface area contributed by atoms with Crippen molar-refractivity contribution in [3.63, 3.8) is 0 Å². The Morgan fingerprint density at radius 3 is 2.95 bits per heavy atom. The Morgan fingerprint density at radius 2 is 2.24 bits per heavy atom. The highest BCUT2D eigenvalue weighted by atomic mass is 32.2. The molecule has 21 heavy (non-hydrogen) atoms.